The Hall–Kier alpha value is -1.62. The normalized spacial score (nSPS) is 20.7. The van der Waals surface area contributed by atoms with Gasteiger partial charge in [0.1, 0.15) is 5.52 Å². The van der Waals surface area contributed by atoms with Gasteiger partial charge in [0.15, 0.2) is 5.82 Å². The Bertz CT molecular complexity index is 581. The SMILES string of the molecule is c1cn2nccc2c(N2CCC(NCC3CC3)CC2)n1. The summed E-state index contributed by atoms with van der Waals surface area (Å²) in [6, 6.07) is 2.73. The van der Waals surface area contributed by atoms with Gasteiger partial charge in [-0.3, -0.25) is 0 Å². The largest absolute Gasteiger partial charge is 0.355 e. The van der Waals surface area contributed by atoms with Crippen molar-refractivity contribution >= 4 is 11.3 Å². The van der Waals surface area contributed by atoms with Crippen molar-refractivity contribution in [2.24, 2.45) is 5.92 Å². The van der Waals surface area contributed by atoms with Crippen LogP contribution in [0.2, 0.25) is 0 Å². The molecule has 2 aliphatic rings. The van der Waals surface area contributed by atoms with Gasteiger partial charge in [0.2, 0.25) is 0 Å². The van der Waals surface area contributed by atoms with E-state index in [0.717, 1.165) is 30.3 Å². The van der Waals surface area contributed by atoms with Crippen molar-refractivity contribution < 1.29 is 0 Å². The number of piperidine rings is 1. The van der Waals surface area contributed by atoms with E-state index in [1.54, 1.807) is 0 Å². The van der Waals surface area contributed by atoms with Crippen LogP contribution in [0.4, 0.5) is 5.82 Å². The maximum Gasteiger partial charge on any atom is 0.154 e. The van der Waals surface area contributed by atoms with E-state index in [0.29, 0.717) is 6.04 Å². The molecule has 0 atom stereocenters. The van der Waals surface area contributed by atoms with Gasteiger partial charge in [-0.05, 0) is 44.2 Å². The fraction of sp³-hybridized carbons (Fsp3) is 0.600. The van der Waals surface area contributed by atoms with Gasteiger partial charge in [-0.2, -0.15) is 5.10 Å². The molecule has 1 N–H and O–H groups in total. The first kappa shape index (κ1) is 12.1. The Balaban J connectivity index is 1.41. The summed E-state index contributed by atoms with van der Waals surface area (Å²) in [7, 11) is 0. The second-order valence-electron chi connectivity index (χ2n) is 6.02. The van der Waals surface area contributed by atoms with Gasteiger partial charge in [0.05, 0.1) is 6.20 Å². The molecule has 20 heavy (non-hydrogen) atoms. The highest BCUT2D eigenvalue weighted by Crippen LogP contribution is 2.28. The minimum Gasteiger partial charge on any atom is -0.355 e. The van der Waals surface area contributed by atoms with E-state index in [1.165, 1.54) is 32.2 Å². The van der Waals surface area contributed by atoms with Crippen LogP contribution in [0.5, 0.6) is 0 Å². The molecule has 106 valence electrons. The maximum atomic E-state index is 4.56. The lowest BCUT2D eigenvalue weighted by atomic mass is 10.0. The minimum atomic E-state index is 0.691. The zero-order valence-electron chi connectivity index (χ0n) is 11.7. The van der Waals surface area contributed by atoms with Crippen LogP contribution in [0.15, 0.2) is 24.7 Å². The molecule has 2 fully saturated rings. The first-order chi connectivity index (χ1) is 9.90. The fourth-order valence-electron chi connectivity index (χ4n) is 3.04. The second-order valence-corrected chi connectivity index (χ2v) is 6.02. The first-order valence-corrected chi connectivity index (χ1v) is 7.67. The molecule has 0 aromatic carbocycles. The summed E-state index contributed by atoms with van der Waals surface area (Å²) in [5.41, 5.74) is 1.11. The third kappa shape index (κ3) is 2.38. The van der Waals surface area contributed by atoms with Gasteiger partial charge in [-0.15, -0.1) is 0 Å². The second kappa shape index (κ2) is 5.05. The van der Waals surface area contributed by atoms with Crippen LogP contribution in [-0.2, 0) is 0 Å². The third-order valence-corrected chi connectivity index (χ3v) is 4.49. The molecule has 0 amide bonds. The van der Waals surface area contributed by atoms with Crippen LogP contribution >= 0.6 is 0 Å². The third-order valence-electron chi connectivity index (χ3n) is 4.49. The van der Waals surface area contributed by atoms with Crippen LogP contribution in [0.3, 0.4) is 0 Å². The van der Waals surface area contributed by atoms with E-state index in [1.807, 2.05) is 29.2 Å². The summed E-state index contributed by atoms with van der Waals surface area (Å²) < 4.78 is 1.90. The Morgan fingerprint density at radius 2 is 2.00 bits per heavy atom. The molecule has 0 radical (unpaired) electrons. The van der Waals surface area contributed by atoms with Gasteiger partial charge in [0.25, 0.3) is 0 Å². The summed E-state index contributed by atoms with van der Waals surface area (Å²) in [4.78, 5) is 6.95. The molecule has 3 heterocycles. The van der Waals surface area contributed by atoms with E-state index in [4.69, 9.17) is 0 Å². The zero-order chi connectivity index (χ0) is 13.4. The number of rotatable bonds is 4. The van der Waals surface area contributed by atoms with Crippen molar-refractivity contribution in [2.45, 2.75) is 31.7 Å². The molecule has 1 aliphatic heterocycles. The summed E-state index contributed by atoms with van der Waals surface area (Å²) in [5, 5.41) is 8.01. The molecular formula is C15H21N5. The summed E-state index contributed by atoms with van der Waals surface area (Å²) in [6.07, 6.45) is 10.9. The topological polar surface area (TPSA) is 45.5 Å². The Morgan fingerprint density at radius 1 is 1.15 bits per heavy atom. The van der Waals surface area contributed by atoms with Crippen molar-refractivity contribution in [1.82, 2.24) is 19.9 Å². The van der Waals surface area contributed by atoms with Crippen molar-refractivity contribution in [3.8, 4) is 0 Å². The molecule has 5 nitrogen and oxygen atoms in total. The van der Waals surface area contributed by atoms with Crippen LogP contribution in [0, 0.1) is 5.92 Å². The maximum absolute atomic E-state index is 4.56. The average molecular weight is 271 g/mol. The van der Waals surface area contributed by atoms with Crippen LogP contribution in [-0.4, -0.2) is 40.3 Å². The summed E-state index contributed by atoms with van der Waals surface area (Å²) in [6.45, 7) is 3.39. The number of anilines is 1. The number of nitrogens with zero attached hydrogens (tertiary/aromatic N) is 4. The number of nitrogens with one attached hydrogen (secondary N) is 1. The number of aromatic nitrogens is 3. The number of hydrogen-bond acceptors (Lipinski definition) is 4. The molecule has 2 aromatic rings. The lowest BCUT2D eigenvalue weighted by Crippen LogP contribution is -2.43. The van der Waals surface area contributed by atoms with Crippen molar-refractivity contribution in [3.05, 3.63) is 24.7 Å². The summed E-state index contributed by atoms with van der Waals surface area (Å²) in [5.74, 6) is 2.04. The predicted molar refractivity (Wildman–Crippen MR) is 78.9 cm³/mol. The van der Waals surface area contributed by atoms with E-state index in [2.05, 4.69) is 20.3 Å². The van der Waals surface area contributed by atoms with Gasteiger partial charge >= 0.3 is 0 Å². The molecule has 1 saturated heterocycles. The van der Waals surface area contributed by atoms with Gasteiger partial charge < -0.3 is 10.2 Å². The minimum absolute atomic E-state index is 0.691. The molecular weight excluding hydrogens is 250 g/mol. The van der Waals surface area contributed by atoms with Gasteiger partial charge in [-0.25, -0.2) is 9.50 Å². The van der Waals surface area contributed by atoms with Crippen molar-refractivity contribution in [2.75, 3.05) is 24.5 Å². The van der Waals surface area contributed by atoms with Crippen molar-refractivity contribution in [3.63, 3.8) is 0 Å². The molecule has 1 saturated carbocycles. The Morgan fingerprint density at radius 3 is 2.80 bits per heavy atom. The number of fused-ring (bicyclic) bond motifs is 1. The van der Waals surface area contributed by atoms with E-state index < -0.39 is 0 Å². The molecule has 1 aliphatic carbocycles. The monoisotopic (exact) mass is 271 g/mol. The molecule has 0 unspecified atom stereocenters. The van der Waals surface area contributed by atoms with E-state index >= 15 is 0 Å². The van der Waals surface area contributed by atoms with Crippen LogP contribution < -0.4 is 10.2 Å². The standard InChI is InChI=1S/C15H21N5/c1-2-12(1)11-17-13-4-8-19(9-5-13)15-14-3-6-18-20(14)10-7-16-15/h3,6-7,10,12-13,17H,1-2,4-5,8-9,11H2. The first-order valence-electron chi connectivity index (χ1n) is 7.67. The molecule has 2 aromatic heterocycles. The highest BCUT2D eigenvalue weighted by Gasteiger charge is 2.25. The lowest BCUT2D eigenvalue weighted by Gasteiger charge is -2.33. The van der Waals surface area contributed by atoms with E-state index in [-0.39, 0.29) is 0 Å². The van der Waals surface area contributed by atoms with Crippen LogP contribution in [0.1, 0.15) is 25.7 Å². The smallest absolute Gasteiger partial charge is 0.154 e. The van der Waals surface area contributed by atoms with E-state index in [9.17, 15) is 0 Å². The Kier molecular flexibility index (Phi) is 3.07. The van der Waals surface area contributed by atoms with Crippen LogP contribution in [0.25, 0.3) is 5.52 Å². The predicted octanol–water partition coefficient (Wildman–Crippen LogP) is 1.70. The molecule has 4 rings (SSSR count). The molecule has 0 spiro atoms. The molecule has 0 bridgehead atoms. The summed E-state index contributed by atoms with van der Waals surface area (Å²) >= 11 is 0. The zero-order valence-corrected chi connectivity index (χ0v) is 11.7. The van der Waals surface area contributed by atoms with Crippen molar-refractivity contribution in [1.29, 1.82) is 0 Å². The lowest BCUT2D eigenvalue weighted by molar-refractivity contribution is 0.408. The average Bonchev–Trinajstić information content (AvgIpc) is 3.20. The highest BCUT2D eigenvalue weighted by molar-refractivity contribution is 5.68. The molecule has 5 heteroatoms. The van der Waals surface area contributed by atoms with Gasteiger partial charge in [-0.1, -0.05) is 0 Å². The Labute approximate surface area is 119 Å². The number of hydrogen-bond donors (Lipinski definition) is 1. The van der Waals surface area contributed by atoms with Gasteiger partial charge in [0, 0.05) is 31.5 Å². The quantitative estimate of drug-likeness (QED) is 0.919. The highest BCUT2D eigenvalue weighted by atomic mass is 15.3. The fourth-order valence-corrected chi connectivity index (χ4v) is 3.04.